The minimum Gasteiger partial charge on any atom is -0.382 e. The van der Waals surface area contributed by atoms with Gasteiger partial charge in [-0.3, -0.25) is 9.59 Å². The fourth-order valence-corrected chi connectivity index (χ4v) is 4.87. The maximum atomic E-state index is 13.2. The van der Waals surface area contributed by atoms with Crippen LogP contribution in [-0.2, 0) is 15.8 Å². The number of nitroso groups, excluding NO2 is 1. The zero-order chi connectivity index (χ0) is 26.6. The van der Waals surface area contributed by atoms with Crippen molar-refractivity contribution in [2.75, 3.05) is 49.5 Å². The molecule has 1 N–H and O–H groups in total. The normalized spacial score (nSPS) is 17.0. The van der Waals surface area contributed by atoms with Crippen LogP contribution >= 0.6 is 11.6 Å². The number of carbonyl (C=O) groups is 2. The molecule has 2 aliphatic rings. The average molecular weight is 538 g/mol. The third-order valence-corrected chi connectivity index (χ3v) is 6.96. The van der Waals surface area contributed by atoms with E-state index in [-0.39, 0.29) is 30.0 Å². The van der Waals surface area contributed by atoms with Crippen LogP contribution in [0.2, 0.25) is 5.02 Å². The number of piperidine rings is 1. The van der Waals surface area contributed by atoms with Gasteiger partial charge in [0.15, 0.2) is 0 Å². The Bertz CT molecular complexity index is 1150. The van der Waals surface area contributed by atoms with Crippen LogP contribution in [0.15, 0.2) is 47.6 Å². The molecule has 12 heteroatoms. The Morgan fingerprint density at radius 2 is 1.59 bits per heavy atom. The molecule has 2 fully saturated rings. The summed E-state index contributed by atoms with van der Waals surface area (Å²) in [4.78, 5) is 41.6. The van der Waals surface area contributed by atoms with Crippen molar-refractivity contribution in [2.45, 2.75) is 31.5 Å². The molecule has 37 heavy (non-hydrogen) atoms. The van der Waals surface area contributed by atoms with Crippen LogP contribution in [0, 0.1) is 4.91 Å². The molecule has 2 aromatic carbocycles. The minimum atomic E-state index is -4.69. The molecule has 2 saturated heterocycles. The lowest BCUT2D eigenvalue weighted by molar-refractivity contribution is -0.141. The first-order chi connectivity index (χ1) is 17.6. The fourth-order valence-electron chi connectivity index (χ4n) is 4.68. The number of benzene rings is 2. The summed E-state index contributed by atoms with van der Waals surface area (Å²) in [6.45, 7) is 3.12. The molecule has 0 bridgehead atoms. The van der Waals surface area contributed by atoms with E-state index in [0.29, 0.717) is 57.1 Å². The molecule has 2 amide bonds. The highest BCUT2D eigenvalue weighted by atomic mass is 35.5. The van der Waals surface area contributed by atoms with E-state index in [4.69, 9.17) is 11.6 Å². The number of alkyl halides is 3. The van der Waals surface area contributed by atoms with Gasteiger partial charge >= 0.3 is 6.18 Å². The van der Waals surface area contributed by atoms with E-state index in [1.165, 1.54) is 6.07 Å². The standard InChI is InChI=1S/C25H27ClF3N5O3/c26-17-2-1-3-20(14-17)32-10-12-34(13-11-32)24(36)16-23(35)33-8-6-18(7-9-33)30-19-4-5-22(31-37)21(15-19)25(27,28)29/h1-5,14-15,18,30H,6-13,16H2. The second-order valence-corrected chi connectivity index (χ2v) is 9.58. The lowest BCUT2D eigenvalue weighted by Crippen LogP contribution is -2.50. The second-order valence-electron chi connectivity index (χ2n) is 9.14. The van der Waals surface area contributed by atoms with Gasteiger partial charge < -0.3 is 20.0 Å². The number of anilines is 2. The van der Waals surface area contributed by atoms with Crippen molar-refractivity contribution in [3.8, 4) is 0 Å². The Balaban J connectivity index is 1.23. The van der Waals surface area contributed by atoms with Crippen LogP contribution in [0.5, 0.6) is 0 Å². The smallest absolute Gasteiger partial charge is 0.382 e. The van der Waals surface area contributed by atoms with E-state index in [1.54, 1.807) is 9.80 Å². The van der Waals surface area contributed by atoms with E-state index in [2.05, 4.69) is 15.4 Å². The van der Waals surface area contributed by atoms with Crippen molar-refractivity contribution < 1.29 is 22.8 Å². The third kappa shape index (κ3) is 6.71. The molecular weight excluding hydrogens is 511 g/mol. The fraction of sp³-hybridized carbons (Fsp3) is 0.440. The SMILES string of the molecule is O=Nc1ccc(NC2CCN(C(=O)CC(=O)N3CCN(c4cccc(Cl)c4)CC3)CC2)cc1C(F)(F)F. The molecule has 0 saturated carbocycles. The summed E-state index contributed by atoms with van der Waals surface area (Å²) in [5, 5.41) is 6.15. The molecule has 2 aromatic rings. The Morgan fingerprint density at radius 3 is 2.19 bits per heavy atom. The zero-order valence-corrected chi connectivity index (χ0v) is 20.8. The Labute approximate surface area is 217 Å². The summed E-state index contributed by atoms with van der Waals surface area (Å²) in [6, 6.07) is 10.7. The molecule has 0 radical (unpaired) electrons. The highest BCUT2D eigenvalue weighted by Crippen LogP contribution is 2.38. The van der Waals surface area contributed by atoms with E-state index in [0.717, 1.165) is 17.8 Å². The quantitative estimate of drug-likeness (QED) is 0.418. The topological polar surface area (TPSA) is 85.3 Å². The maximum absolute atomic E-state index is 13.2. The molecule has 0 spiro atoms. The summed E-state index contributed by atoms with van der Waals surface area (Å²) in [5.74, 6) is -0.457. The lowest BCUT2D eigenvalue weighted by Gasteiger charge is -2.37. The van der Waals surface area contributed by atoms with Gasteiger partial charge in [-0.25, -0.2) is 0 Å². The van der Waals surface area contributed by atoms with E-state index in [9.17, 15) is 27.7 Å². The van der Waals surface area contributed by atoms with E-state index >= 15 is 0 Å². The minimum absolute atomic E-state index is 0.143. The number of carbonyl (C=O) groups excluding carboxylic acids is 2. The molecular formula is C25H27ClF3N5O3. The van der Waals surface area contributed by atoms with Gasteiger partial charge in [0.2, 0.25) is 11.8 Å². The molecule has 0 aromatic heterocycles. The van der Waals surface area contributed by atoms with Gasteiger partial charge in [0.05, 0.1) is 5.56 Å². The van der Waals surface area contributed by atoms with Gasteiger partial charge in [-0.1, -0.05) is 17.7 Å². The average Bonchev–Trinajstić information content (AvgIpc) is 2.88. The predicted molar refractivity (Wildman–Crippen MR) is 135 cm³/mol. The van der Waals surface area contributed by atoms with Gasteiger partial charge in [0, 0.05) is 61.7 Å². The first-order valence-electron chi connectivity index (χ1n) is 12.0. The molecule has 0 unspecified atom stereocenters. The summed E-state index contributed by atoms with van der Waals surface area (Å²) in [6.07, 6.45) is -3.85. The Kier molecular flexibility index (Phi) is 8.21. The summed E-state index contributed by atoms with van der Waals surface area (Å²) < 4.78 is 39.5. The molecule has 198 valence electrons. The van der Waals surface area contributed by atoms with Crippen molar-refractivity contribution in [3.05, 3.63) is 58.0 Å². The van der Waals surface area contributed by atoms with Crippen LogP contribution < -0.4 is 10.2 Å². The number of piperazine rings is 1. The largest absolute Gasteiger partial charge is 0.418 e. The predicted octanol–water partition coefficient (Wildman–Crippen LogP) is 4.90. The Morgan fingerprint density at radius 1 is 0.946 bits per heavy atom. The lowest BCUT2D eigenvalue weighted by atomic mass is 10.0. The van der Waals surface area contributed by atoms with Crippen molar-refractivity contribution in [1.82, 2.24) is 9.80 Å². The van der Waals surface area contributed by atoms with Gasteiger partial charge in [-0.05, 0) is 54.4 Å². The van der Waals surface area contributed by atoms with Crippen molar-refractivity contribution in [1.29, 1.82) is 0 Å². The number of halogens is 4. The second kappa shape index (κ2) is 11.4. The molecule has 0 atom stereocenters. The summed E-state index contributed by atoms with van der Waals surface area (Å²) in [7, 11) is 0. The van der Waals surface area contributed by atoms with Crippen molar-refractivity contribution in [2.24, 2.45) is 5.18 Å². The van der Waals surface area contributed by atoms with Crippen molar-refractivity contribution >= 4 is 40.5 Å². The molecule has 0 aliphatic carbocycles. The van der Waals surface area contributed by atoms with Crippen LogP contribution in [0.3, 0.4) is 0 Å². The summed E-state index contributed by atoms with van der Waals surface area (Å²) >= 11 is 6.07. The van der Waals surface area contributed by atoms with Crippen LogP contribution in [0.1, 0.15) is 24.8 Å². The van der Waals surface area contributed by atoms with E-state index in [1.807, 2.05) is 24.3 Å². The van der Waals surface area contributed by atoms with Crippen LogP contribution in [0.25, 0.3) is 0 Å². The molecule has 2 aliphatic heterocycles. The van der Waals surface area contributed by atoms with Gasteiger partial charge in [0.1, 0.15) is 12.1 Å². The monoisotopic (exact) mass is 537 g/mol. The zero-order valence-electron chi connectivity index (χ0n) is 20.0. The number of rotatable bonds is 6. The highest BCUT2D eigenvalue weighted by molar-refractivity contribution is 6.30. The number of nitrogens with zero attached hydrogens (tertiary/aromatic N) is 4. The number of likely N-dealkylation sites (tertiary alicyclic amines) is 1. The number of hydrogen-bond acceptors (Lipinski definition) is 6. The van der Waals surface area contributed by atoms with Crippen LogP contribution in [-0.4, -0.2) is 66.9 Å². The van der Waals surface area contributed by atoms with Crippen LogP contribution in [0.4, 0.5) is 30.2 Å². The van der Waals surface area contributed by atoms with Gasteiger partial charge in [-0.2, -0.15) is 13.2 Å². The molecule has 2 heterocycles. The number of amides is 2. The molecule has 4 rings (SSSR count). The summed E-state index contributed by atoms with van der Waals surface area (Å²) in [5.41, 5.74) is -0.518. The number of nitrogens with one attached hydrogen (secondary N) is 1. The van der Waals surface area contributed by atoms with Gasteiger partial charge in [0.25, 0.3) is 0 Å². The highest BCUT2D eigenvalue weighted by Gasteiger charge is 2.35. The van der Waals surface area contributed by atoms with Crippen molar-refractivity contribution in [3.63, 3.8) is 0 Å². The third-order valence-electron chi connectivity index (χ3n) is 6.73. The number of hydrogen-bond donors (Lipinski definition) is 1. The molecule has 8 nitrogen and oxygen atoms in total. The Hall–Kier alpha value is -3.34. The first kappa shape index (κ1) is 26.7. The first-order valence-corrected chi connectivity index (χ1v) is 12.4. The van der Waals surface area contributed by atoms with Gasteiger partial charge in [-0.15, -0.1) is 4.91 Å². The maximum Gasteiger partial charge on any atom is 0.418 e. The van der Waals surface area contributed by atoms with E-state index < -0.39 is 17.4 Å².